The second-order valence-corrected chi connectivity index (χ2v) is 5.53. The fourth-order valence-electron chi connectivity index (χ4n) is 2.18. The van der Waals surface area contributed by atoms with Gasteiger partial charge in [0.1, 0.15) is 0 Å². The van der Waals surface area contributed by atoms with Crippen LogP contribution in [0.3, 0.4) is 0 Å². The average molecular weight is 272 g/mol. The van der Waals surface area contributed by atoms with Crippen LogP contribution < -0.4 is 0 Å². The van der Waals surface area contributed by atoms with Gasteiger partial charge in [-0.05, 0) is 12.8 Å². The Kier molecular flexibility index (Phi) is 17.8. The highest BCUT2D eigenvalue weighted by Gasteiger charge is 1.94. The van der Waals surface area contributed by atoms with Gasteiger partial charge in [-0.15, -0.1) is 0 Å². The lowest BCUT2D eigenvalue weighted by Gasteiger charge is -2.04. The van der Waals surface area contributed by atoms with Crippen LogP contribution in [0.5, 0.6) is 0 Å². The first kappa shape index (κ1) is 18.9. The van der Waals surface area contributed by atoms with Gasteiger partial charge in [-0.25, -0.2) is 9.78 Å². The van der Waals surface area contributed by atoms with E-state index in [9.17, 15) is 0 Å². The number of rotatable bonds is 16. The molecule has 0 aliphatic heterocycles. The summed E-state index contributed by atoms with van der Waals surface area (Å²) in [5, 5.41) is 0. The molecule has 0 fully saturated rings. The van der Waals surface area contributed by atoms with E-state index in [1.807, 2.05) is 0 Å². The van der Waals surface area contributed by atoms with Crippen molar-refractivity contribution >= 4 is 0 Å². The largest absolute Gasteiger partial charge is 0.237 e. The Morgan fingerprint density at radius 2 is 0.737 bits per heavy atom. The van der Waals surface area contributed by atoms with E-state index in [0.717, 1.165) is 26.1 Å². The lowest BCUT2D eigenvalue weighted by molar-refractivity contribution is -0.295. The van der Waals surface area contributed by atoms with Gasteiger partial charge in [-0.1, -0.05) is 84.5 Å². The maximum Gasteiger partial charge on any atom is 0.0822 e. The van der Waals surface area contributed by atoms with Crippen LogP contribution in [0.1, 0.15) is 97.3 Å². The summed E-state index contributed by atoms with van der Waals surface area (Å²) in [7, 11) is 0. The monoisotopic (exact) mass is 272 g/mol. The topological polar surface area (TPSA) is 18.5 Å². The van der Waals surface area contributed by atoms with Crippen LogP contribution in [0.15, 0.2) is 0 Å². The standard InChI is InChI=1S/C17H36O2/c1-3-5-7-8-9-10-11-12-13-15-17-19-18-16-14-6-4-2/h3-17H2,1-2H3. The third-order valence-electron chi connectivity index (χ3n) is 3.50. The Morgan fingerprint density at radius 3 is 1.21 bits per heavy atom. The molecule has 0 bridgehead atoms. The summed E-state index contributed by atoms with van der Waals surface area (Å²) in [6.07, 6.45) is 17.2. The molecule has 0 spiro atoms. The van der Waals surface area contributed by atoms with Crippen LogP contribution in [-0.4, -0.2) is 13.2 Å². The third kappa shape index (κ3) is 17.9. The molecule has 0 saturated heterocycles. The molecule has 0 atom stereocenters. The van der Waals surface area contributed by atoms with Crippen LogP contribution in [0.2, 0.25) is 0 Å². The molecular formula is C17H36O2. The summed E-state index contributed by atoms with van der Waals surface area (Å²) < 4.78 is 0. The lowest BCUT2D eigenvalue weighted by Crippen LogP contribution is -1.98. The summed E-state index contributed by atoms with van der Waals surface area (Å²) in [6.45, 7) is 5.99. The van der Waals surface area contributed by atoms with Crippen molar-refractivity contribution in [2.75, 3.05) is 13.2 Å². The van der Waals surface area contributed by atoms with E-state index in [1.165, 1.54) is 70.6 Å². The molecule has 0 aromatic rings. The Labute approximate surface area is 121 Å². The molecule has 0 rings (SSSR count). The van der Waals surface area contributed by atoms with Crippen LogP contribution in [0, 0.1) is 0 Å². The van der Waals surface area contributed by atoms with Gasteiger partial charge in [-0.2, -0.15) is 0 Å². The molecule has 0 aromatic carbocycles. The van der Waals surface area contributed by atoms with Crippen molar-refractivity contribution in [3.63, 3.8) is 0 Å². The van der Waals surface area contributed by atoms with Crippen LogP contribution in [0.25, 0.3) is 0 Å². The molecule has 0 N–H and O–H groups in total. The molecule has 19 heavy (non-hydrogen) atoms. The molecule has 0 aromatic heterocycles. The summed E-state index contributed by atoms with van der Waals surface area (Å²) in [5.41, 5.74) is 0. The molecule has 0 heterocycles. The zero-order chi connectivity index (χ0) is 14.0. The Balaban J connectivity index is 2.88. The molecular weight excluding hydrogens is 236 g/mol. The first-order chi connectivity index (χ1) is 9.41. The van der Waals surface area contributed by atoms with Crippen molar-refractivity contribution in [1.29, 1.82) is 0 Å². The molecule has 0 radical (unpaired) electrons. The molecule has 2 heteroatoms. The zero-order valence-electron chi connectivity index (χ0n) is 13.4. The van der Waals surface area contributed by atoms with Crippen molar-refractivity contribution < 1.29 is 9.78 Å². The van der Waals surface area contributed by atoms with E-state index in [4.69, 9.17) is 9.78 Å². The molecule has 0 amide bonds. The summed E-state index contributed by atoms with van der Waals surface area (Å²) in [5.74, 6) is 0. The number of hydrogen-bond donors (Lipinski definition) is 0. The van der Waals surface area contributed by atoms with Crippen molar-refractivity contribution in [3.8, 4) is 0 Å². The van der Waals surface area contributed by atoms with Gasteiger partial charge in [0.2, 0.25) is 0 Å². The van der Waals surface area contributed by atoms with E-state index in [1.54, 1.807) is 0 Å². The fourth-order valence-corrected chi connectivity index (χ4v) is 2.18. The van der Waals surface area contributed by atoms with E-state index < -0.39 is 0 Å². The van der Waals surface area contributed by atoms with Crippen molar-refractivity contribution in [1.82, 2.24) is 0 Å². The summed E-state index contributed by atoms with van der Waals surface area (Å²) >= 11 is 0. The first-order valence-corrected chi connectivity index (χ1v) is 8.66. The maximum absolute atomic E-state index is 5.15. The van der Waals surface area contributed by atoms with E-state index in [-0.39, 0.29) is 0 Å². The predicted octanol–water partition coefficient (Wildman–Crippen LogP) is 6.05. The molecule has 0 unspecified atom stereocenters. The molecule has 0 aliphatic rings. The quantitative estimate of drug-likeness (QED) is 0.193. The molecule has 2 nitrogen and oxygen atoms in total. The van der Waals surface area contributed by atoms with Crippen molar-refractivity contribution in [2.24, 2.45) is 0 Å². The van der Waals surface area contributed by atoms with Gasteiger partial charge in [-0.3, -0.25) is 0 Å². The Morgan fingerprint density at radius 1 is 0.421 bits per heavy atom. The minimum absolute atomic E-state index is 0.756. The van der Waals surface area contributed by atoms with E-state index in [2.05, 4.69) is 13.8 Å². The van der Waals surface area contributed by atoms with Gasteiger partial charge < -0.3 is 0 Å². The fraction of sp³-hybridized carbons (Fsp3) is 1.00. The Bertz CT molecular complexity index is 132. The van der Waals surface area contributed by atoms with Gasteiger partial charge in [0, 0.05) is 0 Å². The highest BCUT2D eigenvalue weighted by atomic mass is 17.2. The predicted molar refractivity (Wildman–Crippen MR) is 83.3 cm³/mol. The van der Waals surface area contributed by atoms with Crippen LogP contribution in [-0.2, 0) is 9.78 Å². The second kappa shape index (κ2) is 17.9. The summed E-state index contributed by atoms with van der Waals surface area (Å²) in [4.78, 5) is 10.3. The minimum atomic E-state index is 0.756. The second-order valence-electron chi connectivity index (χ2n) is 5.53. The minimum Gasteiger partial charge on any atom is -0.237 e. The van der Waals surface area contributed by atoms with E-state index in [0.29, 0.717) is 0 Å². The third-order valence-corrected chi connectivity index (χ3v) is 3.50. The average Bonchev–Trinajstić information content (AvgIpc) is 2.43. The van der Waals surface area contributed by atoms with Gasteiger partial charge in [0.15, 0.2) is 0 Å². The number of unbranched alkanes of at least 4 members (excludes halogenated alkanes) is 11. The van der Waals surface area contributed by atoms with Crippen molar-refractivity contribution in [2.45, 2.75) is 97.3 Å². The highest BCUT2D eigenvalue weighted by molar-refractivity contribution is 4.46. The van der Waals surface area contributed by atoms with Crippen LogP contribution in [0.4, 0.5) is 0 Å². The van der Waals surface area contributed by atoms with E-state index >= 15 is 0 Å². The van der Waals surface area contributed by atoms with Crippen LogP contribution >= 0.6 is 0 Å². The van der Waals surface area contributed by atoms with Gasteiger partial charge >= 0.3 is 0 Å². The van der Waals surface area contributed by atoms with Gasteiger partial charge in [0.05, 0.1) is 13.2 Å². The number of hydrogen-bond acceptors (Lipinski definition) is 2. The Hall–Kier alpha value is -0.0800. The highest BCUT2D eigenvalue weighted by Crippen LogP contribution is 2.10. The lowest BCUT2D eigenvalue weighted by atomic mass is 10.1. The maximum atomic E-state index is 5.15. The summed E-state index contributed by atoms with van der Waals surface area (Å²) in [6, 6.07) is 0. The molecule has 0 saturated carbocycles. The normalized spacial score (nSPS) is 11.1. The van der Waals surface area contributed by atoms with Gasteiger partial charge in [0.25, 0.3) is 0 Å². The molecule has 0 aliphatic carbocycles. The van der Waals surface area contributed by atoms with Crippen molar-refractivity contribution in [3.05, 3.63) is 0 Å². The smallest absolute Gasteiger partial charge is 0.0822 e. The molecule has 116 valence electrons. The first-order valence-electron chi connectivity index (χ1n) is 8.66. The zero-order valence-corrected chi connectivity index (χ0v) is 13.4. The SMILES string of the molecule is CCCCCCCCCCCCOOCCCCC.